The second-order valence-corrected chi connectivity index (χ2v) is 7.57. The first-order valence-corrected chi connectivity index (χ1v) is 9.35. The minimum Gasteiger partial charge on any atom is -0.272 e. The molecule has 2 aromatic rings. The molecule has 4 nitrogen and oxygen atoms in total. The summed E-state index contributed by atoms with van der Waals surface area (Å²) in [5, 5.41) is 10.1. The smallest absolute Gasteiger partial charge is 0.258 e. The van der Waals surface area contributed by atoms with Gasteiger partial charge in [0.1, 0.15) is 0 Å². The van der Waals surface area contributed by atoms with Crippen molar-refractivity contribution in [1.29, 1.82) is 0 Å². The van der Waals surface area contributed by atoms with Crippen LogP contribution < -0.4 is 0 Å². The topological polar surface area (TPSA) is 45.0 Å². The van der Waals surface area contributed by atoms with Gasteiger partial charge < -0.3 is 0 Å². The first-order chi connectivity index (χ1) is 11.2. The zero-order valence-corrected chi connectivity index (χ0v) is 14.4. The number of aliphatic imine (C=N–C) groups is 1. The van der Waals surface area contributed by atoms with Crippen LogP contribution in [0.5, 0.6) is 0 Å². The minimum absolute atomic E-state index is 0.0925. The summed E-state index contributed by atoms with van der Waals surface area (Å²) in [6, 6.07) is 11.9. The van der Waals surface area contributed by atoms with E-state index in [0.717, 1.165) is 17.7 Å². The highest BCUT2D eigenvalue weighted by molar-refractivity contribution is 8.14. The number of benzene rings is 1. The fraction of sp³-hybridized carbons (Fsp3) is 0.188. The van der Waals surface area contributed by atoms with Crippen molar-refractivity contribution < 1.29 is 4.79 Å². The van der Waals surface area contributed by atoms with Gasteiger partial charge in [0.25, 0.3) is 5.91 Å². The Morgan fingerprint density at radius 3 is 2.70 bits per heavy atom. The van der Waals surface area contributed by atoms with E-state index in [9.17, 15) is 4.79 Å². The number of nitrogens with zero attached hydrogens (tertiary/aromatic N) is 3. The van der Waals surface area contributed by atoms with Crippen LogP contribution in [0.3, 0.4) is 0 Å². The van der Waals surface area contributed by atoms with Gasteiger partial charge in [-0.15, -0.1) is 11.3 Å². The van der Waals surface area contributed by atoms with Gasteiger partial charge in [0.05, 0.1) is 17.5 Å². The van der Waals surface area contributed by atoms with E-state index in [4.69, 9.17) is 16.7 Å². The molecule has 2 aliphatic heterocycles. The summed E-state index contributed by atoms with van der Waals surface area (Å²) >= 11 is 9.12. The first-order valence-electron chi connectivity index (χ1n) is 7.11. The van der Waals surface area contributed by atoms with E-state index < -0.39 is 0 Å². The lowest BCUT2D eigenvalue weighted by molar-refractivity contribution is -0.115. The molecule has 23 heavy (non-hydrogen) atoms. The Bertz CT molecular complexity index is 799. The number of hydrogen-bond donors (Lipinski definition) is 0. The number of amides is 1. The van der Waals surface area contributed by atoms with E-state index in [1.54, 1.807) is 11.3 Å². The predicted molar refractivity (Wildman–Crippen MR) is 96.4 cm³/mol. The second kappa shape index (κ2) is 6.11. The summed E-state index contributed by atoms with van der Waals surface area (Å²) in [6.07, 6.45) is 0.788. The maximum atomic E-state index is 11.5. The molecule has 0 spiro atoms. The molecule has 3 heterocycles. The van der Waals surface area contributed by atoms with Gasteiger partial charge in [0, 0.05) is 16.3 Å². The normalized spacial score (nSPS) is 20.8. The summed E-state index contributed by atoms with van der Waals surface area (Å²) in [6.45, 7) is 0. The van der Waals surface area contributed by atoms with Gasteiger partial charge in [-0.05, 0) is 29.1 Å². The average molecular weight is 362 g/mol. The third-order valence-corrected chi connectivity index (χ3v) is 5.85. The van der Waals surface area contributed by atoms with Crippen molar-refractivity contribution in [3.63, 3.8) is 0 Å². The Morgan fingerprint density at radius 2 is 2.04 bits per heavy atom. The number of carbonyl (C=O) groups excluding carboxylic acids is 1. The summed E-state index contributed by atoms with van der Waals surface area (Å²) in [5.74, 6) is 0.305. The molecule has 1 unspecified atom stereocenters. The largest absolute Gasteiger partial charge is 0.272 e. The number of halogens is 1. The number of thiophene rings is 1. The number of carbonyl (C=O) groups is 1. The quantitative estimate of drug-likeness (QED) is 0.805. The Kier molecular flexibility index (Phi) is 3.97. The molecule has 0 bridgehead atoms. The van der Waals surface area contributed by atoms with Crippen LogP contribution in [0.25, 0.3) is 0 Å². The van der Waals surface area contributed by atoms with E-state index in [1.165, 1.54) is 16.6 Å². The van der Waals surface area contributed by atoms with Crippen LogP contribution in [0.4, 0.5) is 0 Å². The fourth-order valence-electron chi connectivity index (χ4n) is 2.62. The van der Waals surface area contributed by atoms with Gasteiger partial charge in [-0.2, -0.15) is 10.1 Å². The lowest BCUT2D eigenvalue weighted by Gasteiger charge is -2.21. The van der Waals surface area contributed by atoms with Crippen LogP contribution in [-0.2, 0) is 4.79 Å². The van der Waals surface area contributed by atoms with Gasteiger partial charge >= 0.3 is 0 Å². The highest BCUT2D eigenvalue weighted by Gasteiger charge is 2.35. The molecule has 0 radical (unpaired) electrons. The summed E-state index contributed by atoms with van der Waals surface area (Å²) < 4.78 is 0. The minimum atomic E-state index is -0.0925. The molecule has 7 heteroatoms. The van der Waals surface area contributed by atoms with Crippen LogP contribution in [0.1, 0.15) is 22.9 Å². The highest BCUT2D eigenvalue weighted by atomic mass is 35.5. The summed E-state index contributed by atoms with van der Waals surface area (Å²) in [7, 11) is 0. The summed E-state index contributed by atoms with van der Waals surface area (Å²) in [5.41, 5.74) is 2.04. The van der Waals surface area contributed by atoms with E-state index >= 15 is 0 Å². The lowest BCUT2D eigenvalue weighted by atomic mass is 10.0. The zero-order chi connectivity index (χ0) is 15.8. The molecule has 4 rings (SSSR count). The molecule has 1 aromatic carbocycles. The molecular formula is C16H12ClN3OS2. The number of hydrazone groups is 1. The third-order valence-electron chi connectivity index (χ3n) is 3.70. The van der Waals surface area contributed by atoms with Crippen LogP contribution in [-0.4, -0.2) is 27.5 Å². The molecule has 1 atom stereocenters. The molecular weight excluding hydrogens is 350 g/mol. The predicted octanol–water partition coefficient (Wildman–Crippen LogP) is 4.18. The Hall–Kier alpha value is -1.63. The van der Waals surface area contributed by atoms with Crippen LogP contribution in [0.15, 0.2) is 51.9 Å². The highest BCUT2D eigenvalue weighted by Crippen LogP contribution is 2.38. The molecule has 0 saturated heterocycles. The van der Waals surface area contributed by atoms with Gasteiger partial charge in [-0.3, -0.25) is 4.79 Å². The van der Waals surface area contributed by atoms with E-state index in [-0.39, 0.29) is 11.9 Å². The van der Waals surface area contributed by atoms with Gasteiger partial charge in [-0.25, -0.2) is 5.01 Å². The summed E-state index contributed by atoms with van der Waals surface area (Å²) in [4.78, 5) is 16.8. The van der Waals surface area contributed by atoms with Crippen LogP contribution >= 0.6 is 34.7 Å². The molecule has 1 aromatic heterocycles. The third kappa shape index (κ3) is 2.94. The maximum absolute atomic E-state index is 11.5. The van der Waals surface area contributed by atoms with Gasteiger partial charge in [-0.1, -0.05) is 41.6 Å². The van der Waals surface area contributed by atoms with Crippen molar-refractivity contribution in [2.45, 2.75) is 12.5 Å². The first kappa shape index (κ1) is 14.9. The Balaban J connectivity index is 1.70. The maximum Gasteiger partial charge on any atom is 0.258 e. The monoisotopic (exact) mass is 361 g/mol. The number of thioether (sulfide) groups is 1. The van der Waals surface area contributed by atoms with Crippen molar-refractivity contribution in [3.8, 4) is 0 Å². The molecule has 1 amide bonds. The van der Waals surface area contributed by atoms with Crippen molar-refractivity contribution in [2.24, 2.45) is 10.1 Å². The molecule has 116 valence electrons. The lowest BCUT2D eigenvalue weighted by Crippen LogP contribution is -2.23. The fourth-order valence-corrected chi connectivity index (χ4v) is 4.34. The molecule has 0 saturated carbocycles. The average Bonchev–Trinajstić information content (AvgIpc) is 3.27. The molecule has 0 fully saturated rings. The second-order valence-electron chi connectivity index (χ2n) is 5.21. The number of rotatable bonds is 2. The van der Waals surface area contributed by atoms with E-state index in [1.807, 2.05) is 35.3 Å². The number of amidine groups is 1. The molecule has 2 aliphatic rings. The van der Waals surface area contributed by atoms with E-state index in [2.05, 4.69) is 16.4 Å². The molecule has 0 aliphatic carbocycles. The van der Waals surface area contributed by atoms with Gasteiger partial charge in [0.2, 0.25) is 0 Å². The Labute approximate surface area is 146 Å². The Morgan fingerprint density at radius 1 is 1.22 bits per heavy atom. The van der Waals surface area contributed by atoms with Gasteiger partial charge in [0.15, 0.2) is 5.17 Å². The van der Waals surface area contributed by atoms with Crippen LogP contribution in [0.2, 0.25) is 5.02 Å². The van der Waals surface area contributed by atoms with E-state index in [0.29, 0.717) is 15.9 Å². The SMILES string of the molecule is O=C1CSC(N2N=C(c3ccc(Cl)cc3)CC2c2cccs2)=N1. The standard InChI is InChI=1S/C16H12ClN3OS2/c17-11-5-3-10(4-6-11)12-8-13(14-2-1-7-22-14)20(19-12)16-18-15(21)9-23-16/h1-7,13H,8-9H2. The number of hydrogen-bond acceptors (Lipinski definition) is 5. The molecule has 0 N–H and O–H groups in total. The van der Waals surface area contributed by atoms with Crippen molar-refractivity contribution >= 4 is 51.5 Å². The van der Waals surface area contributed by atoms with Crippen molar-refractivity contribution in [2.75, 3.05) is 5.75 Å². The van der Waals surface area contributed by atoms with Crippen molar-refractivity contribution in [1.82, 2.24) is 5.01 Å². The zero-order valence-electron chi connectivity index (χ0n) is 12.0. The van der Waals surface area contributed by atoms with Crippen molar-refractivity contribution in [3.05, 3.63) is 57.2 Å². The van der Waals surface area contributed by atoms with Crippen LogP contribution in [0, 0.1) is 0 Å².